The maximum absolute atomic E-state index is 8.56. The van der Waals surface area contributed by atoms with Gasteiger partial charge in [-0.1, -0.05) is 17.8 Å². The van der Waals surface area contributed by atoms with Crippen LogP contribution >= 0.6 is 11.8 Å². The number of thioether (sulfide) groups is 1. The van der Waals surface area contributed by atoms with E-state index in [0.29, 0.717) is 5.17 Å². The molecular formula is C11H13N3OS. The Hall–Kier alpha value is -1.67. The number of ether oxygens (including phenoxy) is 1. The van der Waals surface area contributed by atoms with Gasteiger partial charge in [0.05, 0.1) is 7.11 Å². The number of nitriles is 1. The monoisotopic (exact) mass is 235 g/mol. The Kier molecular flexibility index (Phi) is 4.67. The minimum absolute atomic E-state index is 0.649. The number of hydrogen-bond donors (Lipinski definition) is 0. The first-order valence-corrected chi connectivity index (χ1v) is 5.84. The van der Waals surface area contributed by atoms with E-state index in [9.17, 15) is 0 Å². The van der Waals surface area contributed by atoms with Gasteiger partial charge in [-0.2, -0.15) is 5.26 Å². The molecule has 1 aromatic rings. The molecule has 0 heterocycles. The Labute approximate surface area is 99.5 Å². The molecule has 16 heavy (non-hydrogen) atoms. The summed E-state index contributed by atoms with van der Waals surface area (Å²) >= 11 is 1.42. The van der Waals surface area contributed by atoms with Crippen molar-refractivity contribution in [2.24, 2.45) is 4.99 Å². The second-order valence-corrected chi connectivity index (χ2v) is 3.73. The van der Waals surface area contributed by atoms with Crippen LogP contribution in [-0.4, -0.2) is 25.6 Å². The van der Waals surface area contributed by atoms with E-state index in [2.05, 4.69) is 4.99 Å². The third-order valence-electron chi connectivity index (χ3n) is 2.06. The summed E-state index contributed by atoms with van der Waals surface area (Å²) in [5.74, 6) is 0.779. The van der Waals surface area contributed by atoms with Gasteiger partial charge < -0.3 is 9.64 Å². The Morgan fingerprint density at radius 1 is 1.56 bits per heavy atom. The highest BCUT2D eigenvalue weighted by Crippen LogP contribution is 2.22. The van der Waals surface area contributed by atoms with Crippen LogP contribution in [0.1, 0.15) is 0 Å². The number of benzene rings is 1. The van der Waals surface area contributed by atoms with Gasteiger partial charge in [0, 0.05) is 18.8 Å². The summed E-state index contributed by atoms with van der Waals surface area (Å²) in [5, 5.41) is 9.21. The van der Waals surface area contributed by atoms with Gasteiger partial charge in [0.1, 0.15) is 5.75 Å². The Balaban J connectivity index is 2.99. The summed E-state index contributed by atoms with van der Waals surface area (Å²) in [7, 11) is 3.49. The van der Waals surface area contributed by atoms with E-state index in [1.54, 1.807) is 13.3 Å². The quantitative estimate of drug-likeness (QED) is 0.448. The van der Waals surface area contributed by atoms with E-state index in [1.807, 2.05) is 42.5 Å². The van der Waals surface area contributed by atoms with E-state index < -0.39 is 0 Å². The first kappa shape index (κ1) is 12.4. The number of rotatable bonds is 2. The molecule has 5 heteroatoms. The van der Waals surface area contributed by atoms with Gasteiger partial charge in [-0.15, -0.1) is 4.99 Å². The smallest absolute Gasteiger partial charge is 0.208 e. The van der Waals surface area contributed by atoms with Gasteiger partial charge in [-0.05, 0) is 18.4 Å². The zero-order chi connectivity index (χ0) is 12.0. The lowest BCUT2D eigenvalue weighted by atomic mass is 10.3. The predicted octanol–water partition coefficient (Wildman–Crippen LogP) is 2.33. The van der Waals surface area contributed by atoms with Crippen molar-refractivity contribution in [1.29, 1.82) is 5.26 Å². The highest BCUT2D eigenvalue weighted by atomic mass is 32.2. The summed E-state index contributed by atoms with van der Waals surface area (Å²) in [4.78, 5) is 5.59. The molecule has 0 atom stereocenters. The van der Waals surface area contributed by atoms with Crippen LogP contribution in [0.25, 0.3) is 0 Å². The minimum atomic E-state index is 0.649. The molecule has 0 aromatic heterocycles. The van der Waals surface area contributed by atoms with E-state index in [1.165, 1.54) is 11.8 Å². The zero-order valence-electron chi connectivity index (χ0n) is 9.47. The van der Waals surface area contributed by atoms with Crippen molar-refractivity contribution in [3.63, 3.8) is 0 Å². The van der Waals surface area contributed by atoms with Gasteiger partial charge in [0.2, 0.25) is 6.19 Å². The van der Waals surface area contributed by atoms with Crippen LogP contribution in [0.3, 0.4) is 0 Å². The number of amidine groups is 1. The van der Waals surface area contributed by atoms with Crippen LogP contribution in [0, 0.1) is 11.5 Å². The normalized spacial score (nSPS) is 10.8. The van der Waals surface area contributed by atoms with Crippen molar-refractivity contribution in [3.8, 4) is 11.9 Å². The highest BCUT2D eigenvalue weighted by molar-refractivity contribution is 8.13. The molecule has 0 aliphatic rings. The van der Waals surface area contributed by atoms with Crippen LogP contribution in [0.15, 0.2) is 29.3 Å². The molecule has 0 amide bonds. The first-order chi connectivity index (χ1) is 7.72. The Bertz CT molecular complexity index is 425. The fourth-order valence-electron chi connectivity index (χ4n) is 1.23. The summed E-state index contributed by atoms with van der Waals surface area (Å²) < 4.78 is 5.14. The fourth-order valence-corrected chi connectivity index (χ4v) is 1.74. The minimum Gasteiger partial charge on any atom is -0.497 e. The van der Waals surface area contributed by atoms with Crippen molar-refractivity contribution in [3.05, 3.63) is 24.3 Å². The number of aliphatic imine (C=N–C) groups is 1. The van der Waals surface area contributed by atoms with Gasteiger partial charge in [0.15, 0.2) is 5.17 Å². The average Bonchev–Trinajstić information content (AvgIpc) is 2.35. The largest absolute Gasteiger partial charge is 0.497 e. The first-order valence-electron chi connectivity index (χ1n) is 4.61. The summed E-state index contributed by atoms with van der Waals surface area (Å²) in [5.41, 5.74) is 0.933. The lowest BCUT2D eigenvalue weighted by Gasteiger charge is -2.19. The molecule has 0 fully saturated rings. The summed E-state index contributed by atoms with van der Waals surface area (Å²) in [6.07, 6.45) is 3.67. The number of hydrogen-bond acceptors (Lipinski definition) is 4. The van der Waals surface area contributed by atoms with Crippen LogP contribution < -0.4 is 9.64 Å². The summed E-state index contributed by atoms with van der Waals surface area (Å²) in [6, 6.07) is 7.60. The van der Waals surface area contributed by atoms with Gasteiger partial charge >= 0.3 is 0 Å². The van der Waals surface area contributed by atoms with E-state index in [0.717, 1.165) is 11.4 Å². The molecule has 0 aliphatic carbocycles. The third kappa shape index (κ3) is 2.91. The van der Waals surface area contributed by atoms with Crippen molar-refractivity contribution in [2.75, 3.05) is 25.3 Å². The topological polar surface area (TPSA) is 48.6 Å². The Morgan fingerprint density at radius 2 is 2.31 bits per heavy atom. The highest BCUT2D eigenvalue weighted by Gasteiger charge is 2.08. The van der Waals surface area contributed by atoms with Crippen LogP contribution in [-0.2, 0) is 0 Å². The predicted molar refractivity (Wildman–Crippen MR) is 68.0 cm³/mol. The van der Waals surface area contributed by atoms with E-state index >= 15 is 0 Å². The molecule has 84 valence electrons. The molecule has 0 bridgehead atoms. The number of anilines is 1. The Morgan fingerprint density at radius 3 is 2.88 bits per heavy atom. The van der Waals surface area contributed by atoms with Crippen LogP contribution in [0.4, 0.5) is 5.69 Å². The van der Waals surface area contributed by atoms with Crippen molar-refractivity contribution in [1.82, 2.24) is 0 Å². The standard InChI is InChI=1S/C11H13N3OS/c1-14(11(16-3)13-8-12)9-5-4-6-10(7-9)15-2/h4-7H,1-3H3. The molecule has 0 saturated carbocycles. The van der Waals surface area contributed by atoms with Crippen molar-refractivity contribution in [2.45, 2.75) is 0 Å². The van der Waals surface area contributed by atoms with Gasteiger partial charge in [0.25, 0.3) is 0 Å². The number of nitrogens with zero attached hydrogens (tertiary/aromatic N) is 3. The lowest BCUT2D eigenvalue weighted by Crippen LogP contribution is -2.22. The second kappa shape index (κ2) is 6.03. The maximum atomic E-state index is 8.56. The summed E-state index contributed by atoms with van der Waals surface area (Å²) in [6.45, 7) is 0. The average molecular weight is 235 g/mol. The van der Waals surface area contributed by atoms with Crippen molar-refractivity contribution < 1.29 is 4.74 Å². The van der Waals surface area contributed by atoms with Gasteiger partial charge in [-0.25, -0.2) is 0 Å². The van der Waals surface area contributed by atoms with Gasteiger partial charge in [-0.3, -0.25) is 0 Å². The number of methoxy groups -OCH3 is 1. The third-order valence-corrected chi connectivity index (χ3v) is 2.79. The van der Waals surface area contributed by atoms with Crippen molar-refractivity contribution >= 4 is 22.6 Å². The maximum Gasteiger partial charge on any atom is 0.208 e. The van der Waals surface area contributed by atoms with E-state index in [-0.39, 0.29) is 0 Å². The molecule has 0 radical (unpaired) electrons. The molecule has 0 saturated heterocycles. The second-order valence-electron chi connectivity index (χ2n) is 2.96. The molecule has 0 spiro atoms. The fraction of sp³-hybridized carbons (Fsp3) is 0.273. The molecule has 0 aliphatic heterocycles. The van der Waals surface area contributed by atoms with E-state index in [4.69, 9.17) is 10.00 Å². The molecular weight excluding hydrogens is 222 g/mol. The SMILES string of the molecule is COc1cccc(N(C)C(=NC#N)SC)c1. The molecule has 1 rings (SSSR count). The zero-order valence-corrected chi connectivity index (χ0v) is 10.3. The molecule has 1 aromatic carbocycles. The van der Waals surface area contributed by atoms with Crippen LogP contribution in [0.5, 0.6) is 5.75 Å². The van der Waals surface area contributed by atoms with Crippen LogP contribution in [0.2, 0.25) is 0 Å². The molecule has 4 nitrogen and oxygen atoms in total. The lowest BCUT2D eigenvalue weighted by molar-refractivity contribution is 0.415. The molecule has 0 N–H and O–H groups in total. The molecule has 0 unspecified atom stereocenters.